The second-order valence-electron chi connectivity index (χ2n) is 3.12. The van der Waals surface area contributed by atoms with E-state index in [4.69, 9.17) is 14.1 Å². The molecule has 3 nitrogen and oxygen atoms in total. The van der Waals surface area contributed by atoms with Gasteiger partial charge in [0.15, 0.2) is 0 Å². The summed E-state index contributed by atoms with van der Waals surface area (Å²) in [5.74, 6) is 0. The Morgan fingerprint density at radius 2 is 1.64 bits per heavy atom. The van der Waals surface area contributed by atoms with Crippen LogP contribution in [-0.2, 0) is 8.85 Å². The maximum atomic E-state index is 9.07. The van der Waals surface area contributed by atoms with Gasteiger partial charge in [0.25, 0.3) is 0 Å². The highest BCUT2D eigenvalue weighted by Crippen LogP contribution is 2.30. The normalized spacial score (nSPS) is 13.6. The molecule has 1 atom stereocenters. The fourth-order valence-electron chi connectivity index (χ4n) is 1.68. The standard InChI is InChI=1S/C10H21NO2Si/c1-5-10(9-11)14(8-4,12-6-2)13-7-3/h10H,5-8H2,1-4H3. The molecule has 0 aliphatic rings. The summed E-state index contributed by atoms with van der Waals surface area (Å²) >= 11 is 0. The minimum Gasteiger partial charge on any atom is -0.394 e. The summed E-state index contributed by atoms with van der Waals surface area (Å²) < 4.78 is 11.5. The van der Waals surface area contributed by atoms with Crippen molar-refractivity contribution in [2.45, 2.75) is 45.7 Å². The van der Waals surface area contributed by atoms with Crippen molar-refractivity contribution in [2.24, 2.45) is 0 Å². The second kappa shape index (κ2) is 6.99. The molecule has 14 heavy (non-hydrogen) atoms. The lowest BCUT2D eigenvalue weighted by atomic mass is 10.4. The molecular weight excluding hydrogens is 194 g/mol. The number of hydrogen-bond donors (Lipinski definition) is 0. The van der Waals surface area contributed by atoms with Gasteiger partial charge in [-0.05, 0) is 26.3 Å². The molecule has 0 aromatic heterocycles. The van der Waals surface area contributed by atoms with Crippen LogP contribution in [0.1, 0.15) is 34.1 Å². The van der Waals surface area contributed by atoms with Crippen LogP contribution in [0.3, 0.4) is 0 Å². The Hall–Kier alpha value is -0.373. The third-order valence-corrected chi connectivity index (χ3v) is 6.50. The van der Waals surface area contributed by atoms with Crippen molar-refractivity contribution in [3.8, 4) is 6.07 Å². The molecule has 0 amide bonds. The maximum Gasteiger partial charge on any atom is 0.355 e. The average Bonchev–Trinajstić information content (AvgIpc) is 2.20. The zero-order chi connectivity index (χ0) is 11.0. The van der Waals surface area contributed by atoms with Gasteiger partial charge in [-0.25, -0.2) is 0 Å². The van der Waals surface area contributed by atoms with Crippen molar-refractivity contribution in [1.29, 1.82) is 5.26 Å². The SMILES string of the molecule is CCO[Si](CC)(OCC)C(C#N)CC. The van der Waals surface area contributed by atoms with Crippen LogP contribution in [0.25, 0.3) is 0 Å². The second-order valence-corrected chi connectivity index (χ2v) is 6.73. The van der Waals surface area contributed by atoms with Gasteiger partial charge in [0.2, 0.25) is 0 Å². The minimum absolute atomic E-state index is 0.0487. The summed E-state index contributed by atoms with van der Waals surface area (Å²) in [6.07, 6.45) is 0.816. The van der Waals surface area contributed by atoms with Gasteiger partial charge in [-0.1, -0.05) is 13.8 Å². The lowest BCUT2D eigenvalue weighted by Crippen LogP contribution is -2.46. The fraction of sp³-hybridized carbons (Fsp3) is 0.900. The quantitative estimate of drug-likeness (QED) is 0.613. The van der Waals surface area contributed by atoms with Crippen molar-refractivity contribution in [1.82, 2.24) is 0 Å². The van der Waals surface area contributed by atoms with E-state index in [0.29, 0.717) is 13.2 Å². The Kier molecular flexibility index (Phi) is 6.80. The largest absolute Gasteiger partial charge is 0.394 e. The summed E-state index contributed by atoms with van der Waals surface area (Å²) in [7, 11) is -2.26. The third kappa shape index (κ3) is 3.09. The van der Waals surface area contributed by atoms with E-state index in [0.717, 1.165) is 12.5 Å². The van der Waals surface area contributed by atoms with Gasteiger partial charge in [-0.15, -0.1) is 0 Å². The third-order valence-electron chi connectivity index (χ3n) is 2.37. The first-order chi connectivity index (χ1) is 6.70. The summed E-state index contributed by atoms with van der Waals surface area (Å²) in [6.45, 7) is 9.26. The molecule has 0 aromatic rings. The Morgan fingerprint density at radius 1 is 1.14 bits per heavy atom. The van der Waals surface area contributed by atoms with Crippen LogP contribution in [0, 0.1) is 11.3 Å². The first-order valence-corrected chi connectivity index (χ1v) is 7.48. The van der Waals surface area contributed by atoms with Crippen molar-refractivity contribution in [3.63, 3.8) is 0 Å². The van der Waals surface area contributed by atoms with E-state index in [-0.39, 0.29) is 5.54 Å². The molecule has 0 saturated heterocycles. The summed E-state index contributed by atoms with van der Waals surface area (Å²) in [6, 6.07) is 3.17. The molecule has 0 bridgehead atoms. The molecule has 0 fully saturated rings. The Morgan fingerprint density at radius 3 is 1.86 bits per heavy atom. The molecular formula is C10H21NO2Si. The van der Waals surface area contributed by atoms with Gasteiger partial charge >= 0.3 is 8.56 Å². The molecule has 0 rings (SSSR count). The van der Waals surface area contributed by atoms with Crippen molar-refractivity contribution < 1.29 is 8.85 Å². The summed E-state index contributed by atoms with van der Waals surface area (Å²) in [5.41, 5.74) is -0.0487. The predicted molar refractivity (Wildman–Crippen MR) is 59.1 cm³/mol. The van der Waals surface area contributed by atoms with Crippen LogP contribution in [0.2, 0.25) is 11.6 Å². The Bertz CT molecular complexity index is 185. The molecule has 82 valence electrons. The van der Waals surface area contributed by atoms with E-state index in [1.165, 1.54) is 0 Å². The Labute approximate surface area is 88.3 Å². The monoisotopic (exact) mass is 215 g/mol. The first kappa shape index (κ1) is 13.6. The average molecular weight is 215 g/mol. The van der Waals surface area contributed by atoms with Gasteiger partial charge in [0.05, 0.1) is 11.6 Å². The highest BCUT2D eigenvalue weighted by Gasteiger charge is 2.43. The molecule has 0 aliphatic carbocycles. The molecule has 4 heteroatoms. The van der Waals surface area contributed by atoms with E-state index in [1.807, 2.05) is 20.8 Å². The lowest BCUT2D eigenvalue weighted by Gasteiger charge is -2.32. The van der Waals surface area contributed by atoms with E-state index in [1.54, 1.807) is 0 Å². The summed E-state index contributed by atoms with van der Waals surface area (Å²) in [5, 5.41) is 9.07. The van der Waals surface area contributed by atoms with E-state index >= 15 is 0 Å². The predicted octanol–water partition coefficient (Wildman–Crippen LogP) is 2.83. The topological polar surface area (TPSA) is 42.2 Å². The smallest absolute Gasteiger partial charge is 0.355 e. The number of hydrogen-bond acceptors (Lipinski definition) is 3. The van der Waals surface area contributed by atoms with Gasteiger partial charge in [0, 0.05) is 13.2 Å². The van der Waals surface area contributed by atoms with Crippen LogP contribution in [0.4, 0.5) is 0 Å². The van der Waals surface area contributed by atoms with Crippen LogP contribution in [0.5, 0.6) is 0 Å². The molecule has 0 heterocycles. The Balaban J connectivity index is 4.71. The maximum absolute atomic E-state index is 9.07. The zero-order valence-electron chi connectivity index (χ0n) is 9.67. The molecule has 0 aromatic carbocycles. The van der Waals surface area contributed by atoms with Crippen LogP contribution < -0.4 is 0 Å². The van der Waals surface area contributed by atoms with Gasteiger partial charge in [0.1, 0.15) is 0 Å². The van der Waals surface area contributed by atoms with E-state index < -0.39 is 8.56 Å². The molecule has 0 saturated carbocycles. The highest BCUT2D eigenvalue weighted by atomic mass is 28.4. The number of nitrogens with zero attached hydrogens (tertiary/aromatic N) is 1. The van der Waals surface area contributed by atoms with Crippen LogP contribution in [-0.4, -0.2) is 21.8 Å². The van der Waals surface area contributed by atoms with Crippen molar-refractivity contribution in [2.75, 3.05) is 13.2 Å². The first-order valence-electron chi connectivity index (χ1n) is 5.38. The van der Waals surface area contributed by atoms with E-state index in [2.05, 4.69) is 13.0 Å². The number of nitriles is 1. The number of rotatable bonds is 7. The zero-order valence-corrected chi connectivity index (χ0v) is 10.7. The molecule has 0 spiro atoms. The van der Waals surface area contributed by atoms with Crippen LogP contribution in [0.15, 0.2) is 0 Å². The molecule has 1 unspecified atom stereocenters. The molecule has 0 radical (unpaired) electrons. The lowest BCUT2D eigenvalue weighted by molar-refractivity contribution is 0.177. The van der Waals surface area contributed by atoms with Crippen molar-refractivity contribution >= 4 is 8.56 Å². The van der Waals surface area contributed by atoms with Gasteiger partial charge in [-0.3, -0.25) is 0 Å². The van der Waals surface area contributed by atoms with E-state index in [9.17, 15) is 0 Å². The summed E-state index contributed by atoms with van der Waals surface area (Å²) in [4.78, 5) is 0. The fourth-order valence-corrected chi connectivity index (χ4v) is 4.87. The molecule has 0 aliphatic heterocycles. The van der Waals surface area contributed by atoms with Gasteiger partial charge in [-0.2, -0.15) is 5.26 Å². The highest BCUT2D eigenvalue weighted by molar-refractivity contribution is 6.69. The molecule has 0 N–H and O–H groups in total. The van der Waals surface area contributed by atoms with Gasteiger partial charge < -0.3 is 8.85 Å². The van der Waals surface area contributed by atoms with Crippen LogP contribution >= 0.6 is 0 Å². The van der Waals surface area contributed by atoms with Crippen molar-refractivity contribution in [3.05, 3.63) is 0 Å². The minimum atomic E-state index is -2.26.